The van der Waals surface area contributed by atoms with Gasteiger partial charge >= 0.3 is 0 Å². The van der Waals surface area contributed by atoms with E-state index in [2.05, 4.69) is 21.7 Å². The molecule has 3 rings (SSSR count). The van der Waals surface area contributed by atoms with Crippen LogP contribution in [0.15, 0.2) is 21.2 Å². The summed E-state index contributed by atoms with van der Waals surface area (Å²) in [6, 6.07) is 2.66. The molecule has 0 aromatic carbocycles. The summed E-state index contributed by atoms with van der Waals surface area (Å²) in [5, 5.41) is 4.14. The van der Waals surface area contributed by atoms with Gasteiger partial charge in [-0.3, -0.25) is 4.90 Å². The molecular weight excluding hydrogens is 296 g/mol. The molecule has 0 radical (unpaired) electrons. The van der Waals surface area contributed by atoms with Crippen LogP contribution in [0.1, 0.15) is 37.1 Å². The van der Waals surface area contributed by atoms with Crippen LogP contribution in [0.3, 0.4) is 0 Å². The number of aromatic nitrogens is 1. The van der Waals surface area contributed by atoms with Crippen LogP contribution in [0.4, 0.5) is 0 Å². The number of hydrogen-bond donors (Lipinski definition) is 0. The molecule has 120 valence electrons. The number of nitrogens with zero attached hydrogens (tertiary/aromatic N) is 2. The van der Waals surface area contributed by atoms with Crippen LogP contribution in [0.25, 0.3) is 11.5 Å². The predicted molar refractivity (Wildman–Crippen MR) is 89.1 cm³/mol. The Hall–Kier alpha value is -1.17. The molecule has 22 heavy (non-hydrogen) atoms. The van der Waals surface area contributed by atoms with Crippen molar-refractivity contribution in [2.24, 2.45) is 0 Å². The monoisotopic (exact) mass is 320 g/mol. The Morgan fingerprint density at radius 1 is 1.45 bits per heavy atom. The van der Waals surface area contributed by atoms with Gasteiger partial charge in [0.2, 0.25) is 5.89 Å². The second-order valence-corrected chi connectivity index (χ2v) is 6.72. The average molecular weight is 320 g/mol. The smallest absolute Gasteiger partial charge is 0.227 e. The summed E-state index contributed by atoms with van der Waals surface area (Å²) in [5.41, 5.74) is 2.15. The summed E-state index contributed by atoms with van der Waals surface area (Å²) in [6.45, 7) is 4.88. The number of rotatable bonds is 6. The van der Waals surface area contributed by atoms with Crippen molar-refractivity contribution in [1.82, 2.24) is 9.88 Å². The number of aryl methyl sites for hydroxylation is 1. The van der Waals surface area contributed by atoms with Crippen LogP contribution in [0.5, 0.6) is 0 Å². The summed E-state index contributed by atoms with van der Waals surface area (Å²) < 4.78 is 11.1. The second-order valence-electron chi connectivity index (χ2n) is 5.94. The van der Waals surface area contributed by atoms with Gasteiger partial charge in [-0.1, -0.05) is 6.42 Å². The Kier molecular flexibility index (Phi) is 5.28. The van der Waals surface area contributed by atoms with Crippen LogP contribution in [-0.4, -0.2) is 36.2 Å². The van der Waals surface area contributed by atoms with Gasteiger partial charge in [-0.05, 0) is 44.2 Å². The molecule has 0 aliphatic carbocycles. The van der Waals surface area contributed by atoms with E-state index in [0.29, 0.717) is 6.04 Å². The summed E-state index contributed by atoms with van der Waals surface area (Å²) in [4.78, 5) is 7.27. The zero-order valence-electron chi connectivity index (χ0n) is 13.4. The van der Waals surface area contributed by atoms with Crippen molar-refractivity contribution >= 4 is 11.3 Å². The molecule has 3 heterocycles. The molecule has 0 amide bonds. The van der Waals surface area contributed by atoms with E-state index in [0.717, 1.165) is 49.0 Å². The molecule has 0 unspecified atom stereocenters. The lowest BCUT2D eigenvalue weighted by Gasteiger charge is -2.35. The molecule has 0 N–H and O–H groups in total. The first-order valence-electron chi connectivity index (χ1n) is 8.00. The van der Waals surface area contributed by atoms with Crippen LogP contribution < -0.4 is 0 Å². The largest absolute Gasteiger partial charge is 0.441 e. The molecule has 1 aliphatic rings. The van der Waals surface area contributed by atoms with Gasteiger partial charge in [0.15, 0.2) is 0 Å². The quantitative estimate of drug-likeness (QED) is 0.803. The Morgan fingerprint density at radius 2 is 2.36 bits per heavy atom. The van der Waals surface area contributed by atoms with Gasteiger partial charge in [0, 0.05) is 37.2 Å². The zero-order chi connectivity index (χ0) is 15.4. The van der Waals surface area contributed by atoms with Gasteiger partial charge in [0.05, 0.1) is 5.69 Å². The van der Waals surface area contributed by atoms with Crippen molar-refractivity contribution in [2.45, 2.75) is 45.2 Å². The number of piperidine rings is 1. The van der Waals surface area contributed by atoms with Crippen LogP contribution in [-0.2, 0) is 11.3 Å². The van der Waals surface area contributed by atoms with Crippen LogP contribution >= 0.6 is 11.3 Å². The van der Waals surface area contributed by atoms with Gasteiger partial charge in [0.1, 0.15) is 5.76 Å². The molecule has 4 nitrogen and oxygen atoms in total. The standard InChI is InChI=1S/C17H24N2O2S/c1-13-16(18-17(21-13)14-7-10-22-12-14)11-19-8-4-3-5-15(19)6-9-20-2/h7,10,12,15H,3-6,8-9,11H2,1-2H3/t15-/m1/s1. The molecule has 1 aliphatic heterocycles. The lowest BCUT2D eigenvalue weighted by Crippen LogP contribution is -2.39. The molecule has 0 spiro atoms. The van der Waals surface area contributed by atoms with Gasteiger partial charge in [-0.25, -0.2) is 4.98 Å². The minimum atomic E-state index is 0.606. The maximum Gasteiger partial charge on any atom is 0.227 e. The van der Waals surface area contributed by atoms with E-state index in [1.165, 1.54) is 19.3 Å². The van der Waals surface area contributed by atoms with Gasteiger partial charge in [-0.2, -0.15) is 11.3 Å². The van der Waals surface area contributed by atoms with E-state index in [1.807, 2.05) is 6.92 Å². The highest BCUT2D eigenvalue weighted by atomic mass is 32.1. The first kappa shape index (κ1) is 15.7. The highest BCUT2D eigenvalue weighted by Gasteiger charge is 2.24. The van der Waals surface area contributed by atoms with Crippen LogP contribution in [0, 0.1) is 6.92 Å². The summed E-state index contributed by atoms with van der Waals surface area (Å²) in [6.07, 6.45) is 4.96. The van der Waals surface area contributed by atoms with Crippen LogP contribution in [0.2, 0.25) is 0 Å². The Balaban J connectivity index is 1.71. The van der Waals surface area contributed by atoms with Gasteiger partial charge < -0.3 is 9.15 Å². The summed E-state index contributed by atoms with van der Waals surface area (Å²) in [7, 11) is 1.78. The minimum absolute atomic E-state index is 0.606. The molecule has 2 aromatic rings. The topological polar surface area (TPSA) is 38.5 Å². The number of hydrogen-bond acceptors (Lipinski definition) is 5. The fourth-order valence-corrected chi connectivity index (χ4v) is 3.76. The molecule has 1 atom stereocenters. The fraction of sp³-hybridized carbons (Fsp3) is 0.588. The lowest BCUT2D eigenvalue weighted by atomic mass is 9.99. The first-order valence-corrected chi connectivity index (χ1v) is 8.94. The summed E-state index contributed by atoms with van der Waals surface area (Å²) >= 11 is 1.67. The van der Waals surface area contributed by atoms with Crippen molar-refractivity contribution in [1.29, 1.82) is 0 Å². The van der Waals surface area contributed by atoms with Crippen molar-refractivity contribution in [2.75, 3.05) is 20.3 Å². The fourth-order valence-electron chi connectivity index (χ4n) is 3.13. The lowest BCUT2D eigenvalue weighted by molar-refractivity contribution is 0.0961. The maximum atomic E-state index is 5.86. The Morgan fingerprint density at radius 3 is 3.14 bits per heavy atom. The van der Waals surface area contributed by atoms with E-state index < -0.39 is 0 Å². The number of methoxy groups -OCH3 is 1. The number of likely N-dealkylation sites (tertiary alicyclic amines) is 1. The highest BCUT2D eigenvalue weighted by molar-refractivity contribution is 7.08. The summed E-state index contributed by atoms with van der Waals surface area (Å²) in [5.74, 6) is 1.69. The number of ether oxygens (including phenoxy) is 1. The zero-order valence-corrected chi connectivity index (χ0v) is 14.2. The molecular formula is C17H24N2O2S. The highest BCUT2D eigenvalue weighted by Crippen LogP contribution is 2.27. The van der Waals surface area contributed by atoms with E-state index in [4.69, 9.17) is 14.1 Å². The normalized spacial score (nSPS) is 19.6. The van der Waals surface area contributed by atoms with Gasteiger partial charge in [-0.15, -0.1) is 0 Å². The van der Waals surface area contributed by atoms with E-state index in [-0.39, 0.29) is 0 Å². The third kappa shape index (κ3) is 3.59. The molecule has 0 bridgehead atoms. The van der Waals surface area contributed by atoms with E-state index >= 15 is 0 Å². The van der Waals surface area contributed by atoms with Crippen molar-refractivity contribution in [3.05, 3.63) is 28.3 Å². The molecule has 0 saturated carbocycles. The second kappa shape index (κ2) is 7.40. The maximum absolute atomic E-state index is 5.86. The van der Waals surface area contributed by atoms with Crippen molar-refractivity contribution in [3.8, 4) is 11.5 Å². The average Bonchev–Trinajstić information content (AvgIpc) is 3.17. The third-order valence-corrected chi connectivity index (χ3v) is 5.10. The predicted octanol–water partition coefficient (Wildman–Crippen LogP) is 4.10. The Bertz CT molecular complexity index is 580. The first-order chi connectivity index (χ1) is 10.8. The van der Waals surface area contributed by atoms with E-state index in [1.54, 1.807) is 18.4 Å². The molecule has 5 heteroatoms. The van der Waals surface area contributed by atoms with Crippen molar-refractivity contribution < 1.29 is 9.15 Å². The SMILES string of the molecule is COCC[C@H]1CCCCN1Cc1nc(-c2ccsc2)oc1C. The van der Waals surface area contributed by atoms with Crippen molar-refractivity contribution in [3.63, 3.8) is 0 Å². The third-order valence-electron chi connectivity index (χ3n) is 4.42. The minimum Gasteiger partial charge on any atom is -0.441 e. The number of thiophene rings is 1. The number of oxazole rings is 1. The van der Waals surface area contributed by atoms with Gasteiger partial charge in [0.25, 0.3) is 0 Å². The Labute approximate surface area is 136 Å². The molecule has 2 aromatic heterocycles. The molecule has 1 saturated heterocycles. The van der Waals surface area contributed by atoms with E-state index in [9.17, 15) is 0 Å². The molecule has 1 fully saturated rings.